The Balaban J connectivity index is 2.05. The number of ether oxygens (including phenoxy) is 1. The molecule has 22 heavy (non-hydrogen) atoms. The topological polar surface area (TPSA) is 26.3 Å². The van der Waals surface area contributed by atoms with E-state index < -0.39 is 0 Å². The Morgan fingerprint density at radius 2 is 1.95 bits per heavy atom. The Bertz CT molecular complexity index is 612. The number of methoxy groups -OCH3 is 1. The predicted octanol–water partition coefficient (Wildman–Crippen LogP) is 4.56. The highest BCUT2D eigenvalue weighted by molar-refractivity contribution is 5.82. The molecule has 0 radical (unpaired) electrons. The Morgan fingerprint density at radius 1 is 1.18 bits per heavy atom. The van der Waals surface area contributed by atoms with Gasteiger partial charge in [0.2, 0.25) is 0 Å². The largest absolute Gasteiger partial charge is 0.501 e. The summed E-state index contributed by atoms with van der Waals surface area (Å²) in [6.07, 6.45) is 8.69. The van der Waals surface area contributed by atoms with E-state index in [1.54, 1.807) is 7.11 Å². The lowest BCUT2D eigenvalue weighted by Crippen LogP contribution is -2.36. The monoisotopic (exact) mass is 296 g/mol. The summed E-state index contributed by atoms with van der Waals surface area (Å²) in [6.45, 7) is 2.20. The second-order valence-corrected chi connectivity index (χ2v) is 6.59. The van der Waals surface area contributed by atoms with Gasteiger partial charge in [0.05, 0.1) is 12.9 Å². The van der Waals surface area contributed by atoms with E-state index in [1.165, 1.54) is 11.1 Å². The van der Waals surface area contributed by atoms with Crippen molar-refractivity contribution in [3.8, 4) is 0 Å². The van der Waals surface area contributed by atoms with Crippen LogP contribution in [0.1, 0.15) is 44.6 Å². The lowest BCUT2D eigenvalue weighted by Gasteiger charge is -2.41. The molecule has 2 unspecified atom stereocenters. The molecule has 2 aliphatic carbocycles. The van der Waals surface area contributed by atoms with Gasteiger partial charge >= 0.3 is 0 Å². The number of rotatable bonds is 3. The fraction of sp³-hybridized carbons (Fsp3) is 0.450. The highest BCUT2D eigenvalue weighted by Crippen LogP contribution is 2.47. The van der Waals surface area contributed by atoms with E-state index in [-0.39, 0.29) is 5.41 Å². The van der Waals surface area contributed by atoms with Crippen LogP contribution in [0.25, 0.3) is 0 Å². The lowest BCUT2D eigenvalue weighted by molar-refractivity contribution is -0.121. The van der Waals surface area contributed by atoms with Gasteiger partial charge in [0.25, 0.3) is 0 Å². The van der Waals surface area contributed by atoms with E-state index in [2.05, 4.69) is 43.3 Å². The molecule has 1 fully saturated rings. The number of ketones is 1. The third-order valence-electron chi connectivity index (χ3n) is 5.20. The minimum atomic E-state index is -0.110. The molecule has 3 rings (SSSR count). The van der Waals surface area contributed by atoms with Crippen LogP contribution < -0.4 is 0 Å². The highest BCUT2D eigenvalue weighted by atomic mass is 16.5. The molecule has 1 aromatic rings. The molecule has 1 aromatic carbocycles. The summed E-state index contributed by atoms with van der Waals surface area (Å²) in [6, 6.07) is 10.6. The maximum absolute atomic E-state index is 12.2. The van der Waals surface area contributed by atoms with Gasteiger partial charge in [-0.1, -0.05) is 48.9 Å². The fourth-order valence-corrected chi connectivity index (χ4v) is 4.03. The van der Waals surface area contributed by atoms with E-state index >= 15 is 0 Å². The maximum Gasteiger partial charge on any atom is 0.134 e. The molecule has 0 spiro atoms. The third-order valence-corrected chi connectivity index (χ3v) is 5.20. The summed E-state index contributed by atoms with van der Waals surface area (Å²) in [5.41, 5.74) is 2.57. The molecule has 0 amide bonds. The molecule has 0 aromatic heterocycles. The Morgan fingerprint density at radius 3 is 2.59 bits per heavy atom. The minimum Gasteiger partial charge on any atom is -0.501 e. The van der Waals surface area contributed by atoms with Gasteiger partial charge in [-0.15, -0.1) is 0 Å². The normalized spacial score (nSPS) is 28.8. The molecule has 0 N–H and O–H groups in total. The number of carbonyl (C=O) groups is 1. The van der Waals surface area contributed by atoms with Crippen LogP contribution in [0.3, 0.4) is 0 Å². The number of Topliss-reactive ketones (excluding diaryl/α,β-unsaturated/α-hetero) is 1. The fourth-order valence-electron chi connectivity index (χ4n) is 4.03. The van der Waals surface area contributed by atoms with E-state index in [0.29, 0.717) is 18.1 Å². The number of benzene rings is 1. The first kappa shape index (κ1) is 15.1. The van der Waals surface area contributed by atoms with Gasteiger partial charge in [-0.3, -0.25) is 4.79 Å². The molecule has 0 aliphatic heterocycles. The van der Waals surface area contributed by atoms with Crippen molar-refractivity contribution >= 4 is 5.78 Å². The van der Waals surface area contributed by atoms with Gasteiger partial charge in [0.1, 0.15) is 5.78 Å². The SMILES string of the molecule is COC1=CC=C(C2(c3ccccc3)CCCC(=O)C2)CC1C. The summed E-state index contributed by atoms with van der Waals surface area (Å²) in [7, 11) is 1.73. The van der Waals surface area contributed by atoms with Crippen molar-refractivity contribution in [2.45, 2.75) is 44.4 Å². The maximum atomic E-state index is 12.2. The molecule has 1 saturated carbocycles. The zero-order chi connectivity index (χ0) is 15.6. The second-order valence-electron chi connectivity index (χ2n) is 6.59. The first-order chi connectivity index (χ1) is 10.7. The van der Waals surface area contributed by atoms with E-state index in [0.717, 1.165) is 31.4 Å². The van der Waals surface area contributed by atoms with Crippen LogP contribution in [-0.4, -0.2) is 12.9 Å². The molecule has 116 valence electrons. The van der Waals surface area contributed by atoms with Crippen LogP contribution in [0.5, 0.6) is 0 Å². The number of hydrogen-bond donors (Lipinski definition) is 0. The standard InChI is InChI=1S/C20H24O2/c1-15-13-17(10-11-19(15)22-2)20(12-6-9-18(21)14-20)16-7-4-3-5-8-16/h3-5,7-8,10-11,15H,6,9,12-14H2,1-2H3. The average Bonchev–Trinajstić information content (AvgIpc) is 2.55. The first-order valence-electron chi connectivity index (χ1n) is 8.18. The van der Waals surface area contributed by atoms with Crippen molar-refractivity contribution in [3.63, 3.8) is 0 Å². The number of allylic oxidation sites excluding steroid dienone is 4. The smallest absolute Gasteiger partial charge is 0.134 e. The molecular weight excluding hydrogens is 272 g/mol. The van der Waals surface area contributed by atoms with Crippen LogP contribution in [0.15, 0.2) is 53.8 Å². The average molecular weight is 296 g/mol. The molecule has 2 nitrogen and oxygen atoms in total. The van der Waals surface area contributed by atoms with Crippen molar-refractivity contribution in [3.05, 3.63) is 59.4 Å². The molecule has 2 heteroatoms. The van der Waals surface area contributed by atoms with Crippen molar-refractivity contribution in [2.75, 3.05) is 7.11 Å². The summed E-state index contributed by atoms with van der Waals surface area (Å²) >= 11 is 0. The third kappa shape index (κ3) is 2.63. The van der Waals surface area contributed by atoms with Gasteiger partial charge in [-0.2, -0.15) is 0 Å². The minimum absolute atomic E-state index is 0.110. The summed E-state index contributed by atoms with van der Waals surface area (Å²) in [5, 5.41) is 0. The zero-order valence-electron chi connectivity index (χ0n) is 13.5. The van der Waals surface area contributed by atoms with Gasteiger partial charge in [0, 0.05) is 24.2 Å². The zero-order valence-corrected chi connectivity index (χ0v) is 13.5. The van der Waals surface area contributed by atoms with Crippen LogP contribution in [0.4, 0.5) is 0 Å². The van der Waals surface area contributed by atoms with Crippen molar-refractivity contribution in [1.82, 2.24) is 0 Å². The van der Waals surface area contributed by atoms with Crippen LogP contribution in [0.2, 0.25) is 0 Å². The van der Waals surface area contributed by atoms with Crippen LogP contribution in [-0.2, 0) is 14.9 Å². The Kier molecular flexibility index (Phi) is 4.19. The summed E-state index contributed by atoms with van der Waals surface area (Å²) in [4.78, 5) is 12.2. The van der Waals surface area contributed by atoms with Gasteiger partial charge in [-0.25, -0.2) is 0 Å². The van der Waals surface area contributed by atoms with Crippen molar-refractivity contribution in [1.29, 1.82) is 0 Å². The number of hydrogen-bond acceptors (Lipinski definition) is 2. The van der Waals surface area contributed by atoms with Crippen molar-refractivity contribution < 1.29 is 9.53 Å². The molecule has 2 aliphatic rings. The second kappa shape index (κ2) is 6.12. The lowest BCUT2D eigenvalue weighted by atomic mass is 9.62. The molecule has 2 atom stereocenters. The van der Waals surface area contributed by atoms with Crippen LogP contribution in [0, 0.1) is 5.92 Å². The van der Waals surface area contributed by atoms with Gasteiger partial charge in [-0.05, 0) is 30.9 Å². The van der Waals surface area contributed by atoms with Crippen molar-refractivity contribution in [2.24, 2.45) is 5.92 Å². The summed E-state index contributed by atoms with van der Waals surface area (Å²) in [5.74, 6) is 1.81. The van der Waals surface area contributed by atoms with Gasteiger partial charge < -0.3 is 4.74 Å². The summed E-state index contributed by atoms with van der Waals surface area (Å²) < 4.78 is 5.45. The Labute approximate surface area is 132 Å². The van der Waals surface area contributed by atoms with E-state index in [1.807, 2.05) is 6.07 Å². The molecular formula is C20H24O2. The highest BCUT2D eigenvalue weighted by Gasteiger charge is 2.41. The first-order valence-corrected chi connectivity index (χ1v) is 8.18. The van der Waals surface area contributed by atoms with Crippen LogP contribution >= 0.6 is 0 Å². The molecule has 0 bridgehead atoms. The molecule has 0 saturated heterocycles. The van der Waals surface area contributed by atoms with E-state index in [9.17, 15) is 4.79 Å². The predicted molar refractivity (Wildman–Crippen MR) is 88.6 cm³/mol. The Hall–Kier alpha value is -1.83. The molecule has 0 heterocycles. The van der Waals surface area contributed by atoms with Gasteiger partial charge in [0.15, 0.2) is 0 Å². The van der Waals surface area contributed by atoms with E-state index in [4.69, 9.17) is 4.74 Å². The quantitative estimate of drug-likeness (QED) is 0.817. The number of carbonyl (C=O) groups excluding carboxylic acids is 1.